The van der Waals surface area contributed by atoms with Gasteiger partial charge in [-0.3, -0.25) is 0 Å². The number of pyridine rings is 1. The van der Waals surface area contributed by atoms with Crippen molar-refractivity contribution in [2.45, 2.75) is 34.6 Å². The largest absolute Gasteiger partial charge is 0.441 e. The van der Waals surface area contributed by atoms with Crippen LogP contribution in [0.25, 0.3) is 62.5 Å². The van der Waals surface area contributed by atoms with Crippen molar-refractivity contribution >= 4 is 108 Å². The molecule has 13 heteroatoms. The Morgan fingerprint density at radius 2 is 1.18 bits per heavy atom. The van der Waals surface area contributed by atoms with Gasteiger partial charge >= 0.3 is 5.76 Å². The third kappa shape index (κ3) is 11.3. The van der Waals surface area contributed by atoms with Crippen LogP contribution in [0, 0.1) is 34.6 Å². The van der Waals surface area contributed by atoms with E-state index in [1.54, 1.807) is 73.4 Å². The number of hydrogen-bond acceptors (Lipinski definition) is 12. The first-order valence-electron chi connectivity index (χ1n) is 19.2. The molecule has 0 unspecified atom stereocenters. The molecule has 5 aromatic carbocycles. The number of fused-ring (bicyclic) bond motifs is 6. The normalized spacial score (nSPS) is 10.5. The van der Waals surface area contributed by atoms with Crippen LogP contribution < -0.4 is 5.76 Å². The van der Waals surface area contributed by atoms with Crippen molar-refractivity contribution in [2.75, 3.05) is 0 Å². The van der Waals surface area contributed by atoms with Crippen LogP contribution in [0.1, 0.15) is 27.8 Å². The zero-order valence-corrected chi connectivity index (χ0v) is 38.5. The van der Waals surface area contributed by atoms with Crippen molar-refractivity contribution < 1.29 is 4.42 Å². The van der Waals surface area contributed by atoms with Crippen molar-refractivity contribution in [1.82, 2.24) is 29.5 Å². The summed E-state index contributed by atoms with van der Waals surface area (Å²) in [6.07, 6.45) is 1.81. The van der Waals surface area contributed by atoms with Gasteiger partial charge in [0.15, 0.2) is 11.6 Å². The van der Waals surface area contributed by atoms with E-state index in [0.717, 1.165) is 22.1 Å². The SMILES string of the molecule is Cc1ccc2ncsc2c1.Cc1ccc2scnc2c1.Cc1cccc2ncsc12.Cc1cccc2sccc12.Cc1cccc2scnc12.Cn1cccc2oc(=O)nc1-2. The summed E-state index contributed by atoms with van der Waals surface area (Å²) in [7, 11) is 1.81. The predicted octanol–water partition coefficient (Wildman–Crippen LogP) is 14.1. The lowest BCUT2D eigenvalue weighted by Crippen LogP contribution is -1.98. The molecular weight excluding hydrogens is 853 g/mol. The molecule has 0 atom stereocenters. The summed E-state index contributed by atoms with van der Waals surface area (Å²) in [5.74, 6) is 0.569. The van der Waals surface area contributed by atoms with Crippen LogP contribution >= 0.6 is 56.7 Å². The molecule has 0 bridgehead atoms. The second-order valence-electron chi connectivity index (χ2n) is 13.9. The van der Waals surface area contributed by atoms with E-state index in [2.05, 4.69) is 150 Å². The van der Waals surface area contributed by atoms with Gasteiger partial charge in [-0.25, -0.2) is 24.7 Å². The highest BCUT2D eigenvalue weighted by atomic mass is 32.1. The number of thiazole rings is 4. The number of hydrogen-bond donors (Lipinski definition) is 0. The molecular formula is C48H42N6O2S5. The standard InChI is InChI=1S/C9H8S.4C8H7NS.C7H6N2O2/c1-7-3-2-4-9-8(7)5-6-10-9;1-6-2-3-8-7(4-6)9-5-10-8;1-6-2-3-7-8(4-6)10-5-9-7;1-6-3-2-4-7-8(6)9-5-10-7;1-6-3-2-4-7-8(6)10-5-9-7;1-9-4-2-3-5-6(9)8-7(10)11-5/h2-6H,1H3;4*2-5H,1H3;2-4H,1H3. The van der Waals surface area contributed by atoms with E-state index in [1.807, 2.05) is 47.4 Å². The second kappa shape index (κ2) is 20.5. The molecule has 0 saturated carbocycles. The summed E-state index contributed by atoms with van der Waals surface area (Å²) in [5.41, 5.74) is 18.6. The van der Waals surface area contributed by atoms with Gasteiger partial charge in [-0.1, -0.05) is 48.5 Å². The summed E-state index contributed by atoms with van der Waals surface area (Å²) in [6, 6.07) is 37.2. The quantitative estimate of drug-likeness (QED) is 0.149. The Labute approximate surface area is 373 Å². The number of para-hydroxylation sites is 1. The molecule has 2 aliphatic heterocycles. The molecule has 61 heavy (non-hydrogen) atoms. The van der Waals surface area contributed by atoms with E-state index in [-0.39, 0.29) is 0 Å². The molecule has 0 fully saturated rings. The lowest BCUT2D eigenvalue weighted by Gasteiger charge is -1.99. The van der Waals surface area contributed by atoms with Crippen LogP contribution in [-0.2, 0) is 7.05 Å². The number of benzene rings is 5. The molecule has 10 aromatic rings. The highest BCUT2D eigenvalue weighted by Gasteiger charge is 2.10. The molecule has 12 rings (SSSR count). The molecule has 0 spiro atoms. The first-order valence-corrected chi connectivity index (χ1v) is 23.5. The number of oxazole rings is 1. The zero-order valence-electron chi connectivity index (χ0n) is 34.4. The lowest BCUT2D eigenvalue weighted by molar-refractivity contribution is 0.530. The molecule has 5 aromatic heterocycles. The Kier molecular flexibility index (Phi) is 14.5. The zero-order chi connectivity index (χ0) is 42.7. The molecule has 7 heterocycles. The van der Waals surface area contributed by atoms with Crippen molar-refractivity contribution in [1.29, 1.82) is 0 Å². The van der Waals surface area contributed by atoms with Gasteiger partial charge in [-0.15, -0.1) is 56.7 Å². The summed E-state index contributed by atoms with van der Waals surface area (Å²) in [4.78, 5) is 31.1. The summed E-state index contributed by atoms with van der Waals surface area (Å²) >= 11 is 8.57. The van der Waals surface area contributed by atoms with Gasteiger partial charge in [0.1, 0.15) is 0 Å². The molecule has 8 nitrogen and oxygen atoms in total. The molecule has 0 N–H and O–H groups in total. The van der Waals surface area contributed by atoms with E-state index in [0.29, 0.717) is 11.6 Å². The van der Waals surface area contributed by atoms with Crippen LogP contribution in [0.5, 0.6) is 0 Å². The smallest absolute Gasteiger partial charge is 0.405 e. The fourth-order valence-corrected chi connectivity index (χ4v) is 9.95. The number of rotatable bonds is 0. The molecule has 2 aliphatic rings. The maximum Gasteiger partial charge on any atom is 0.441 e. The van der Waals surface area contributed by atoms with Crippen molar-refractivity contribution in [3.63, 3.8) is 0 Å². The number of aryl methyl sites for hydroxylation is 6. The van der Waals surface area contributed by atoms with E-state index < -0.39 is 5.76 Å². The molecule has 0 saturated heterocycles. The number of aromatic nitrogens is 6. The van der Waals surface area contributed by atoms with Crippen LogP contribution in [0.4, 0.5) is 0 Å². The Morgan fingerprint density at radius 1 is 0.525 bits per heavy atom. The second-order valence-corrected chi connectivity index (χ2v) is 18.4. The number of nitrogens with zero attached hydrogens (tertiary/aromatic N) is 6. The molecule has 306 valence electrons. The van der Waals surface area contributed by atoms with E-state index in [1.165, 1.54) is 56.7 Å². The minimum Gasteiger partial charge on any atom is -0.405 e. The fourth-order valence-electron chi connectivity index (χ4n) is 6.13. The monoisotopic (exact) mass is 894 g/mol. The van der Waals surface area contributed by atoms with Crippen molar-refractivity contribution in [2.24, 2.45) is 7.05 Å². The first-order chi connectivity index (χ1) is 29.6. The topological polar surface area (TPSA) is 99.6 Å². The van der Waals surface area contributed by atoms with Crippen LogP contribution in [0.3, 0.4) is 0 Å². The number of thiophene rings is 1. The average Bonchev–Trinajstić information content (AvgIpc) is 4.11. The van der Waals surface area contributed by atoms with Gasteiger partial charge < -0.3 is 8.98 Å². The van der Waals surface area contributed by atoms with Gasteiger partial charge in [0, 0.05) is 17.9 Å². The highest BCUT2D eigenvalue weighted by molar-refractivity contribution is 7.18. The maximum atomic E-state index is 10.6. The van der Waals surface area contributed by atoms with Crippen molar-refractivity contribution in [3.05, 3.63) is 181 Å². The van der Waals surface area contributed by atoms with Gasteiger partial charge in [0.05, 0.1) is 62.9 Å². The van der Waals surface area contributed by atoms with E-state index in [9.17, 15) is 4.79 Å². The van der Waals surface area contributed by atoms with Crippen LogP contribution in [0.2, 0.25) is 0 Å². The highest BCUT2D eigenvalue weighted by Crippen LogP contribution is 2.24. The summed E-state index contributed by atoms with van der Waals surface area (Å²) < 4.78 is 13.0. The molecule has 0 aliphatic carbocycles. The summed E-state index contributed by atoms with van der Waals surface area (Å²) in [5, 5.41) is 3.53. The molecule has 0 radical (unpaired) electrons. The third-order valence-corrected chi connectivity index (χ3v) is 13.6. The van der Waals surface area contributed by atoms with E-state index >= 15 is 0 Å². The fraction of sp³-hybridized carbons (Fsp3) is 0.125. The first kappa shape index (κ1) is 43.1. The Morgan fingerprint density at radius 3 is 1.97 bits per heavy atom. The summed E-state index contributed by atoms with van der Waals surface area (Å²) in [6.45, 7) is 10.5. The Bertz CT molecular complexity index is 3050. The van der Waals surface area contributed by atoms with Gasteiger partial charge in [0.25, 0.3) is 0 Å². The van der Waals surface area contributed by atoms with E-state index in [4.69, 9.17) is 4.42 Å². The predicted molar refractivity (Wildman–Crippen MR) is 262 cm³/mol. The molecule has 0 amide bonds. The lowest BCUT2D eigenvalue weighted by atomic mass is 10.2. The van der Waals surface area contributed by atoms with Crippen LogP contribution in [0.15, 0.2) is 152 Å². The van der Waals surface area contributed by atoms with Gasteiger partial charge in [0.2, 0.25) is 0 Å². The third-order valence-electron chi connectivity index (χ3n) is 9.31. The average molecular weight is 895 g/mol. The van der Waals surface area contributed by atoms with Crippen LogP contribution in [-0.4, -0.2) is 29.5 Å². The Balaban J connectivity index is 0.000000110. The van der Waals surface area contributed by atoms with Gasteiger partial charge in [-0.2, -0.15) is 4.98 Å². The van der Waals surface area contributed by atoms with Crippen molar-refractivity contribution in [3.8, 4) is 11.6 Å². The Hall–Kier alpha value is -5.96. The maximum absolute atomic E-state index is 10.6. The van der Waals surface area contributed by atoms with Gasteiger partial charge in [-0.05, 0) is 134 Å². The minimum atomic E-state index is -0.540. The minimum absolute atomic E-state index is 0.528.